The second-order valence-electron chi connectivity index (χ2n) is 5.86. The molecule has 1 unspecified atom stereocenters. The average Bonchev–Trinajstić information content (AvgIpc) is 3.07. The number of benzene rings is 2. The minimum absolute atomic E-state index is 0.212. The summed E-state index contributed by atoms with van der Waals surface area (Å²) in [7, 11) is 1.53. The Balaban J connectivity index is 1.88. The summed E-state index contributed by atoms with van der Waals surface area (Å²) in [5.41, 5.74) is 1.07. The van der Waals surface area contributed by atoms with Crippen LogP contribution in [0.4, 0.5) is 10.1 Å². The highest BCUT2D eigenvalue weighted by Gasteiger charge is 2.25. The van der Waals surface area contributed by atoms with E-state index >= 15 is 0 Å². The lowest BCUT2D eigenvalue weighted by Crippen LogP contribution is -2.29. The lowest BCUT2D eigenvalue weighted by atomic mass is 10.0. The predicted molar refractivity (Wildman–Crippen MR) is 98.3 cm³/mol. The molecule has 0 fully saturated rings. The van der Waals surface area contributed by atoms with Crippen molar-refractivity contribution in [2.45, 2.75) is 19.4 Å². The van der Waals surface area contributed by atoms with Crippen molar-refractivity contribution in [1.82, 2.24) is 20.2 Å². The number of nitrogens with one attached hydrogen (secondary N) is 1. The van der Waals surface area contributed by atoms with Crippen LogP contribution in [0.25, 0.3) is 0 Å². The van der Waals surface area contributed by atoms with Gasteiger partial charge in [0, 0.05) is 12.5 Å². The van der Waals surface area contributed by atoms with Gasteiger partial charge in [-0.2, -0.15) is 0 Å². The molecule has 0 saturated carbocycles. The standard InChI is InChI=1S/C18H17ClFN5O2/c1-11-22-23-24-25(11)17(9-12-4-3-5-13(20)8-12)18(26)21-16-7-6-14(27-2)10-15(16)19/h3-8,10,17H,9H2,1-2H3,(H,21,26). The van der Waals surface area contributed by atoms with Crippen molar-refractivity contribution < 1.29 is 13.9 Å². The van der Waals surface area contributed by atoms with Gasteiger partial charge in [-0.3, -0.25) is 4.79 Å². The molecule has 9 heteroatoms. The van der Waals surface area contributed by atoms with E-state index in [9.17, 15) is 9.18 Å². The Labute approximate surface area is 160 Å². The third kappa shape index (κ3) is 4.40. The number of carbonyl (C=O) groups excluding carboxylic acids is 1. The molecule has 0 aliphatic heterocycles. The molecule has 7 nitrogen and oxygen atoms in total. The van der Waals surface area contributed by atoms with Crippen LogP contribution < -0.4 is 10.1 Å². The summed E-state index contributed by atoms with van der Waals surface area (Å²) in [6, 6.07) is 10.2. The molecule has 3 aromatic rings. The summed E-state index contributed by atoms with van der Waals surface area (Å²) in [6.45, 7) is 1.69. The summed E-state index contributed by atoms with van der Waals surface area (Å²) < 4.78 is 20.0. The van der Waals surface area contributed by atoms with Gasteiger partial charge in [0.2, 0.25) is 5.91 Å². The fraction of sp³-hybridized carbons (Fsp3) is 0.222. The molecule has 0 bridgehead atoms. The number of amides is 1. The number of halogens is 2. The van der Waals surface area contributed by atoms with E-state index in [1.807, 2.05) is 0 Å². The lowest BCUT2D eigenvalue weighted by molar-refractivity contribution is -0.119. The summed E-state index contributed by atoms with van der Waals surface area (Å²) in [6.07, 6.45) is 0.212. The Hall–Kier alpha value is -3.00. The van der Waals surface area contributed by atoms with Crippen LogP contribution in [0.5, 0.6) is 5.75 Å². The van der Waals surface area contributed by atoms with Gasteiger partial charge in [0.15, 0.2) is 0 Å². The molecule has 1 aromatic heterocycles. The maximum atomic E-state index is 13.5. The van der Waals surface area contributed by atoms with Gasteiger partial charge in [0.25, 0.3) is 0 Å². The number of nitrogens with zero attached hydrogens (tertiary/aromatic N) is 4. The van der Waals surface area contributed by atoms with Crippen LogP contribution in [0, 0.1) is 12.7 Å². The monoisotopic (exact) mass is 389 g/mol. The van der Waals surface area contributed by atoms with E-state index in [-0.39, 0.29) is 18.1 Å². The first-order valence-corrected chi connectivity index (χ1v) is 8.49. The van der Waals surface area contributed by atoms with Crippen molar-refractivity contribution in [3.63, 3.8) is 0 Å². The molecular formula is C18H17ClFN5O2. The molecule has 1 atom stereocenters. The van der Waals surface area contributed by atoms with Gasteiger partial charge in [0.05, 0.1) is 17.8 Å². The van der Waals surface area contributed by atoms with Crippen LogP contribution in [0.1, 0.15) is 17.4 Å². The second kappa shape index (κ2) is 8.13. The Bertz CT molecular complexity index is 962. The molecule has 0 radical (unpaired) electrons. The van der Waals surface area contributed by atoms with Gasteiger partial charge in [0.1, 0.15) is 23.4 Å². The number of aryl methyl sites for hydroxylation is 1. The fourth-order valence-corrected chi connectivity index (χ4v) is 2.86. The zero-order valence-corrected chi connectivity index (χ0v) is 15.4. The first kappa shape index (κ1) is 18.8. The fourth-order valence-electron chi connectivity index (χ4n) is 2.64. The first-order valence-electron chi connectivity index (χ1n) is 8.11. The Kier molecular flexibility index (Phi) is 5.66. The first-order chi connectivity index (χ1) is 13.0. The van der Waals surface area contributed by atoms with Gasteiger partial charge < -0.3 is 10.1 Å². The summed E-state index contributed by atoms with van der Waals surface area (Å²) in [4.78, 5) is 12.9. The molecule has 1 N–H and O–H groups in total. The van der Waals surface area contributed by atoms with Crippen LogP contribution in [0.15, 0.2) is 42.5 Å². The van der Waals surface area contributed by atoms with E-state index in [4.69, 9.17) is 16.3 Å². The predicted octanol–water partition coefficient (Wildman–Crippen LogP) is 3.21. The van der Waals surface area contributed by atoms with Crippen molar-refractivity contribution in [2.24, 2.45) is 0 Å². The van der Waals surface area contributed by atoms with Crippen LogP contribution in [0.2, 0.25) is 5.02 Å². The number of ether oxygens (including phenoxy) is 1. The lowest BCUT2D eigenvalue weighted by Gasteiger charge is -2.18. The number of rotatable bonds is 6. The summed E-state index contributed by atoms with van der Waals surface area (Å²) in [5, 5.41) is 14.4. The smallest absolute Gasteiger partial charge is 0.249 e. The molecule has 0 aliphatic rings. The number of tetrazole rings is 1. The second-order valence-corrected chi connectivity index (χ2v) is 6.26. The zero-order chi connectivity index (χ0) is 19.4. The van der Waals surface area contributed by atoms with Crippen molar-refractivity contribution in [3.8, 4) is 5.75 Å². The number of hydrogen-bond acceptors (Lipinski definition) is 5. The van der Waals surface area contributed by atoms with E-state index in [1.54, 1.807) is 37.3 Å². The van der Waals surface area contributed by atoms with Crippen molar-refractivity contribution in [1.29, 1.82) is 0 Å². The zero-order valence-electron chi connectivity index (χ0n) is 14.7. The van der Waals surface area contributed by atoms with Crippen molar-refractivity contribution in [2.75, 3.05) is 12.4 Å². The number of aromatic nitrogens is 4. The van der Waals surface area contributed by atoms with E-state index in [1.165, 1.54) is 23.9 Å². The molecule has 27 heavy (non-hydrogen) atoms. The molecule has 0 spiro atoms. The van der Waals surface area contributed by atoms with E-state index in [0.717, 1.165) is 0 Å². The molecule has 1 amide bonds. The Morgan fingerprint density at radius 3 is 2.78 bits per heavy atom. The van der Waals surface area contributed by atoms with Gasteiger partial charge >= 0.3 is 0 Å². The van der Waals surface area contributed by atoms with E-state index < -0.39 is 6.04 Å². The SMILES string of the molecule is COc1ccc(NC(=O)C(Cc2cccc(F)c2)n2nnnc2C)c(Cl)c1. The van der Waals surface area contributed by atoms with Crippen LogP contribution in [-0.4, -0.2) is 33.2 Å². The molecule has 0 saturated heterocycles. The van der Waals surface area contributed by atoms with Gasteiger partial charge in [-0.05, 0) is 47.2 Å². The maximum absolute atomic E-state index is 13.5. The maximum Gasteiger partial charge on any atom is 0.249 e. The van der Waals surface area contributed by atoms with Crippen LogP contribution in [0.3, 0.4) is 0 Å². The van der Waals surface area contributed by atoms with Gasteiger partial charge in [-0.25, -0.2) is 9.07 Å². The van der Waals surface area contributed by atoms with Crippen molar-refractivity contribution >= 4 is 23.2 Å². The third-order valence-electron chi connectivity index (χ3n) is 4.01. The van der Waals surface area contributed by atoms with E-state index in [2.05, 4.69) is 20.8 Å². The van der Waals surface area contributed by atoms with Crippen LogP contribution >= 0.6 is 11.6 Å². The highest BCUT2D eigenvalue weighted by molar-refractivity contribution is 6.33. The number of carbonyl (C=O) groups is 1. The van der Waals surface area contributed by atoms with E-state index in [0.29, 0.717) is 27.8 Å². The Morgan fingerprint density at radius 1 is 1.33 bits per heavy atom. The molecular weight excluding hydrogens is 373 g/mol. The minimum Gasteiger partial charge on any atom is -0.497 e. The number of hydrogen-bond donors (Lipinski definition) is 1. The normalized spacial score (nSPS) is 11.9. The molecule has 2 aromatic carbocycles. The topological polar surface area (TPSA) is 81.9 Å². The van der Waals surface area contributed by atoms with Crippen molar-refractivity contribution in [3.05, 3.63) is 64.7 Å². The quantitative estimate of drug-likeness (QED) is 0.700. The number of anilines is 1. The molecule has 3 rings (SSSR count). The highest BCUT2D eigenvalue weighted by Crippen LogP contribution is 2.28. The third-order valence-corrected chi connectivity index (χ3v) is 4.32. The van der Waals surface area contributed by atoms with Gasteiger partial charge in [-0.15, -0.1) is 5.10 Å². The largest absolute Gasteiger partial charge is 0.497 e. The summed E-state index contributed by atoms with van der Waals surface area (Å²) >= 11 is 6.20. The van der Waals surface area contributed by atoms with Gasteiger partial charge in [-0.1, -0.05) is 23.7 Å². The number of methoxy groups -OCH3 is 1. The van der Waals surface area contributed by atoms with Crippen LogP contribution in [-0.2, 0) is 11.2 Å². The molecule has 1 heterocycles. The highest BCUT2D eigenvalue weighted by atomic mass is 35.5. The Morgan fingerprint density at radius 2 is 2.15 bits per heavy atom. The molecule has 0 aliphatic carbocycles. The minimum atomic E-state index is -0.778. The average molecular weight is 390 g/mol. The molecule has 140 valence electrons. The summed E-state index contributed by atoms with van der Waals surface area (Å²) in [5.74, 6) is 0.290.